The van der Waals surface area contributed by atoms with E-state index in [4.69, 9.17) is 11.6 Å². The van der Waals surface area contributed by atoms with Gasteiger partial charge in [0, 0.05) is 14.8 Å². The summed E-state index contributed by atoms with van der Waals surface area (Å²) in [4.78, 5) is 1.34. The predicted octanol–water partition coefficient (Wildman–Crippen LogP) is 5.51. The molecule has 0 aliphatic heterocycles. The van der Waals surface area contributed by atoms with Crippen LogP contribution in [0.4, 0.5) is 13.2 Å². The lowest BCUT2D eigenvalue weighted by molar-refractivity contribution is -0.137. The van der Waals surface area contributed by atoms with Crippen molar-refractivity contribution < 1.29 is 13.2 Å². The molecule has 0 nitrogen and oxygen atoms in total. The average molecular weight is 289 g/mol. The Hall–Kier alpha value is -1.13. The Bertz CT molecular complexity index is 552. The van der Waals surface area contributed by atoms with E-state index in [1.54, 1.807) is 30.3 Å². The van der Waals surface area contributed by atoms with Gasteiger partial charge in [-0.05, 0) is 36.4 Å². The zero-order chi connectivity index (χ0) is 13.2. The van der Waals surface area contributed by atoms with Crippen molar-refractivity contribution in [1.82, 2.24) is 0 Å². The van der Waals surface area contributed by atoms with Crippen molar-refractivity contribution in [3.8, 4) is 0 Å². The van der Waals surface area contributed by atoms with E-state index in [1.165, 1.54) is 17.8 Å². The molecular formula is C13H8ClF3S. The minimum absolute atomic E-state index is 0.534. The van der Waals surface area contributed by atoms with E-state index in [0.29, 0.717) is 9.92 Å². The molecule has 5 heteroatoms. The van der Waals surface area contributed by atoms with Gasteiger partial charge in [-0.2, -0.15) is 13.2 Å². The van der Waals surface area contributed by atoms with Crippen molar-refractivity contribution in [2.45, 2.75) is 16.0 Å². The average Bonchev–Trinajstić information content (AvgIpc) is 2.28. The molecule has 0 atom stereocenters. The Morgan fingerprint density at radius 2 is 1.50 bits per heavy atom. The van der Waals surface area contributed by atoms with Gasteiger partial charge in [0.15, 0.2) is 0 Å². The summed E-state index contributed by atoms with van der Waals surface area (Å²) in [6.07, 6.45) is -4.31. The number of benzene rings is 2. The van der Waals surface area contributed by atoms with Crippen molar-refractivity contribution in [3.05, 3.63) is 59.1 Å². The Morgan fingerprint density at radius 1 is 0.889 bits per heavy atom. The van der Waals surface area contributed by atoms with E-state index in [-0.39, 0.29) is 0 Å². The minimum atomic E-state index is -4.31. The highest BCUT2D eigenvalue weighted by atomic mass is 35.5. The highest BCUT2D eigenvalue weighted by Crippen LogP contribution is 2.34. The van der Waals surface area contributed by atoms with E-state index in [1.807, 2.05) is 0 Å². The first-order valence-electron chi connectivity index (χ1n) is 5.06. The van der Waals surface area contributed by atoms with Gasteiger partial charge in [-0.3, -0.25) is 0 Å². The molecule has 94 valence electrons. The molecule has 2 rings (SSSR count). The fourth-order valence-electron chi connectivity index (χ4n) is 1.40. The molecule has 0 aliphatic carbocycles. The van der Waals surface area contributed by atoms with Crippen LogP contribution in [0.5, 0.6) is 0 Å². The van der Waals surface area contributed by atoms with Crippen molar-refractivity contribution in [2.75, 3.05) is 0 Å². The first kappa shape index (κ1) is 13.3. The van der Waals surface area contributed by atoms with E-state index < -0.39 is 11.7 Å². The molecule has 0 N–H and O–H groups in total. The summed E-state index contributed by atoms with van der Waals surface area (Å²) >= 11 is 7.07. The van der Waals surface area contributed by atoms with Crippen molar-refractivity contribution >= 4 is 23.4 Å². The molecule has 18 heavy (non-hydrogen) atoms. The third kappa shape index (κ3) is 3.43. The number of hydrogen-bond acceptors (Lipinski definition) is 1. The molecule has 0 amide bonds. The number of alkyl halides is 3. The van der Waals surface area contributed by atoms with Crippen LogP contribution in [0.3, 0.4) is 0 Å². The lowest BCUT2D eigenvalue weighted by atomic mass is 10.2. The van der Waals surface area contributed by atoms with Gasteiger partial charge in [0.1, 0.15) is 0 Å². The monoisotopic (exact) mass is 288 g/mol. The fourth-order valence-corrected chi connectivity index (χ4v) is 2.59. The Kier molecular flexibility index (Phi) is 3.88. The van der Waals surface area contributed by atoms with E-state index >= 15 is 0 Å². The van der Waals surface area contributed by atoms with Crippen LogP contribution >= 0.6 is 23.4 Å². The van der Waals surface area contributed by atoms with E-state index in [2.05, 4.69) is 0 Å². The molecule has 0 saturated heterocycles. The molecule has 0 unspecified atom stereocenters. The lowest BCUT2D eigenvalue weighted by Gasteiger charge is -2.08. The van der Waals surface area contributed by atoms with Gasteiger partial charge in [-0.1, -0.05) is 35.5 Å². The van der Waals surface area contributed by atoms with Crippen LogP contribution in [-0.4, -0.2) is 0 Å². The number of halogens is 4. The van der Waals surface area contributed by atoms with Gasteiger partial charge in [0.25, 0.3) is 0 Å². The van der Waals surface area contributed by atoms with Gasteiger partial charge in [0.05, 0.1) is 5.56 Å². The van der Waals surface area contributed by atoms with Crippen molar-refractivity contribution in [1.29, 1.82) is 0 Å². The fraction of sp³-hybridized carbons (Fsp3) is 0.0769. The van der Waals surface area contributed by atoms with Crippen LogP contribution in [0.2, 0.25) is 5.02 Å². The molecule has 0 aromatic heterocycles. The lowest BCUT2D eigenvalue weighted by Crippen LogP contribution is -2.04. The summed E-state index contributed by atoms with van der Waals surface area (Å²) in [7, 11) is 0. The van der Waals surface area contributed by atoms with Gasteiger partial charge in [0.2, 0.25) is 0 Å². The quantitative estimate of drug-likeness (QED) is 0.702. The van der Waals surface area contributed by atoms with Crippen LogP contribution < -0.4 is 0 Å². The third-order valence-electron chi connectivity index (χ3n) is 2.19. The first-order chi connectivity index (χ1) is 8.45. The van der Waals surface area contributed by atoms with Crippen LogP contribution in [0.25, 0.3) is 0 Å². The predicted molar refractivity (Wildman–Crippen MR) is 67.0 cm³/mol. The summed E-state index contributed by atoms with van der Waals surface area (Å²) in [5, 5.41) is 0.562. The Morgan fingerprint density at radius 3 is 2.11 bits per heavy atom. The van der Waals surface area contributed by atoms with Gasteiger partial charge in [-0.15, -0.1) is 0 Å². The molecule has 0 spiro atoms. The van der Waals surface area contributed by atoms with Gasteiger partial charge < -0.3 is 0 Å². The maximum absolute atomic E-state index is 12.5. The second-order valence-corrected chi connectivity index (χ2v) is 5.17. The number of hydrogen-bond donors (Lipinski definition) is 0. The van der Waals surface area contributed by atoms with Crippen molar-refractivity contribution in [3.63, 3.8) is 0 Å². The topological polar surface area (TPSA) is 0 Å². The molecule has 0 bridgehead atoms. The SMILES string of the molecule is FC(F)(F)c1cccc(Sc2cccc(Cl)c2)c1. The molecule has 2 aromatic rings. The number of rotatable bonds is 2. The van der Waals surface area contributed by atoms with Crippen molar-refractivity contribution in [2.24, 2.45) is 0 Å². The second-order valence-electron chi connectivity index (χ2n) is 3.59. The van der Waals surface area contributed by atoms with Crippen LogP contribution in [0.15, 0.2) is 58.3 Å². The maximum Gasteiger partial charge on any atom is 0.416 e. The molecule has 2 aromatic carbocycles. The second kappa shape index (κ2) is 5.24. The minimum Gasteiger partial charge on any atom is -0.166 e. The van der Waals surface area contributed by atoms with Crippen LogP contribution in [0.1, 0.15) is 5.56 Å². The summed E-state index contributed by atoms with van der Waals surface area (Å²) in [6, 6.07) is 12.2. The Balaban J connectivity index is 2.25. The summed E-state index contributed by atoms with van der Waals surface area (Å²) in [5.41, 5.74) is -0.644. The third-order valence-corrected chi connectivity index (χ3v) is 3.41. The summed E-state index contributed by atoms with van der Waals surface area (Å²) < 4.78 is 37.6. The van der Waals surface area contributed by atoms with Gasteiger partial charge >= 0.3 is 6.18 Å². The van der Waals surface area contributed by atoms with Crippen LogP contribution in [0, 0.1) is 0 Å². The zero-order valence-electron chi connectivity index (χ0n) is 9.04. The smallest absolute Gasteiger partial charge is 0.166 e. The summed E-state index contributed by atoms with van der Waals surface area (Å²) in [5.74, 6) is 0. The molecule has 0 saturated carbocycles. The molecule has 0 radical (unpaired) electrons. The molecule has 0 aliphatic rings. The zero-order valence-corrected chi connectivity index (χ0v) is 10.6. The Labute approximate surface area is 112 Å². The van der Waals surface area contributed by atoms with Crippen LogP contribution in [-0.2, 0) is 6.18 Å². The standard InChI is InChI=1S/C13H8ClF3S/c14-10-4-2-6-12(8-10)18-11-5-1-3-9(7-11)13(15,16)17/h1-8H. The van der Waals surface area contributed by atoms with E-state index in [9.17, 15) is 13.2 Å². The molecule has 0 fully saturated rings. The normalized spacial score (nSPS) is 11.6. The highest BCUT2D eigenvalue weighted by Gasteiger charge is 2.30. The summed E-state index contributed by atoms with van der Waals surface area (Å²) in [6.45, 7) is 0. The molecule has 0 heterocycles. The molecular weight excluding hydrogens is 281 g/mol. The van der Waals surface area contributed by atoms with E-state index in [0.717, 1.165) is 17.0 Å². The maximum atomic E-state index is 12.5. The largest absolute Gasteiger partial charge is 0.416 e. The highest BCUT2D eigenvalue weighted by molar-refractivity contribution is 7.99. The van der Waals surface area contributed by atoms with Gasteiger partial charge in [-0.25, -0.2) is 0 Å². The first-order valence-corrected chi connectivity index (χ1v) is 6.25.